The van der Waals surface area contributed by atoms with Gasteiger partial charge < -0.3 is 10.0 Å². The minimum absolute atomic E-state index is 0.133. The van der Waals surface area contributed by atoms with Gasteiger partial charge in [-0.25, -0.2) is 8.42 Å². The topological polar surface area (TPSA) is 77.9 Å². The van der Waals surface area contributed by atoms with Crippen LogP contribution in [0.1, 0.15) is 24.3 Å². The maximum atomic E-state index is 12.5. The molecule has 1 aliphatic rings. The van der Waals surface area contributed by atoms with Gasteiger partial charge in [0.25, 0.3) is 10.0 Å². The van der Waals surface area contributed by atoms with E-state index in [1.807, 2.05) is 12.1 Å². The first-order chi connectivity index (χ1) is 12.8. The number of carbonyl (C=O) groups excluding carboxylic acids is 1. The van der Waals surface area contributed by atoms with Crippen LogP contribution < -0.4 is 0 Å². The SMILES string of the molecule is CN(CC(=O)N1CCC(c2ccc(O)cc2)CC1)S(=O)(=O)c1ccc(Cl)s1. The average molecular weight is 429 g/mol. The second-order valence-electron chi connectivity index (χ2n) is 6.57. The Labute approximate surface area is 168 Å². The number of rotatable bonds is 5. The third-order valence-electron chi connectivity index (χ3n) is 4.78. The molecule has 1 amide bonds. The van der Waals surface area contributed by atoms with Crippen molar-refractivity contribution in [2.24, 2.45) is 0 Å². The Morgan fingerprint density at radius 3 is 2.41 bits per heavy atom. The van der Waals surface area contributed by atoms with Crippen LogP contribution in [0.4, 0.5) is 0 Å². The predicted molar refractivity (Wildman–Crippen MR) is 106 cm³/mol. The van der Waals surface area contributed by atoms with Crippen molar-refractivity contribution < 1.29 is 18.3 Å². The molecular weight excluding hydrogens is 408 g/mol. The number of phenols is 1. The lowest BCUT2D eigenvalue weighted by Gasteiger charge is -2.33. The molecule has 1 aliphatic heterocycles. The Morgan fingerprint density at radius 2 is 1.85 bits per heavy atom. The maximum Gasteiger partial charge on any atom is 0.252 e. The molecule has 0 radical (unpaired) electrons. The van der Waals surface area contributed by atoms with Crippen LogP contribution in [0, 0.1) is 0 Å². The van der Waals surface area contributed by atoms with Crippen molar-refractivity contribution in [2.45, 2.75) is 23.0 Å². The van der Waals surface area contributed by atoms with E-state index in [-0.39, 0.29) is 22.4 Å². The van der Waals surface area contributed by atoms with Gasteiger partial charge in [0.1, 0.15) is 9.96 Å². The quantitative estimate of drug-likeness (QED) is 0.793. The number of amides is 1. The number of hydrogen-bond acceptors (Lipinski definition) is 5. The molecule has 27 heavy (non-hydrogen) atoms. The molecule has 0 bridgehead atoms. The summed E-state index contributed by atoms with van der Waals surface area (Å²) in [5, 5.41) is 9.39. The summed E-state index contributed by atoms with van der Waals surface area (Å²) in [7, 11) is -2.31. The largest absolute Gasteiger partial charge is 0.508 e. The summed E-state index contributed by atoms with van der Waals surface area (Å²) in [6.45, 7) is 0.980. The zero-order valence-electron chi connectivity index (χ0n) is 14.8. The third kappa shape index (κ3) is 4.63. The molecule has 9 heteroatoms. The molecule has 0 spiro atoms. The molecule has 2 heterocycles. The number of nitrogens with zero attached hydrogens (tertiary/aromatic N) is 2. The highest BCUT2D eigenvalue weighted by Gasteiger charge is 2.29. The van der Waals surface area contributed by atoms with Gasteiger partial charge in [-0.1, -0.05) is 23.7 Å². The van der Waals surface area contributed by atoms with Crippen molar-refractivity contribution in [1.29, 1.82) is 0 Å². The third-order valence-corrected chi connectivity index (χ3v) is 8.29. The van der Waals surface area contributed by atoms with E-state index < -0.39 is 10.0 Å². The van der Waals surface area contributed by atoms with Crippen LogP contribution in [-0.4, -0.2) is 55.3 Å². The minimum Gasteiger partial charge on any atom is -0.508 e. The van der Waals surface area contributed by atoms with Crippen LogP contribution in [0.15, 0.2) is 40.6 Å². The number of hydrogen-bond donors (Lipinski definition) is 1. The molecule has 1 N–H and O–H groups in total. The standard InChI is InChI=1S/C18H21ClN2O4S2/c1-20(27(24,25)18-7-6-16(19)26-18)12-17(23)21-10-8-14(9-11-21)13-2-4-15(22)5-3-13/h2-7,14,22H,8-12H2,1H3. The van der Waals surface area contributed by atoms with E-state index in [4.69, 9.17) is 11.6 Å². The van der Waals surface area contributed by atoms with Crippen molar-refractivity contribution in [3.63, 3.8) is 0 Å². The fourth-order valence-corrected chi connectivity index (χ4v) is 5.99. The molecule has 6 nitrogen and oxygen atoms in total. The monoisotopic (exact) mass is 428 g/mol. The second kappa shape index (κ2) is 8.18. The number of benzene rings is 1. The fourth-order valence-electron chi connectivity index (χ4n) is 3.17. The molecule has 1 fully saturated rings. The average Bonchev–Trinajstić information content (AvgIpc) is 3.09. The molecule has 2 aromatic rings. The Balaban J connectivity index is 1.57. The van der Waals surface area contributed by atoms with Crippen LogP contribution >= 0.6 is 22.9 Å². The van der Waals surface area contributed by atoms with Crippen molar-refractivity contribution in [3.8, 4) is 5.75 Å². The van der Waals surface area contributed by atoms with Crippen molar-refractivity contribution in [1.82, 2.24) is 9.21 Å². The van der Waals surface area contributed by atoms with Crippen LogP contribution in [0.2, 0.25) is 4.34 Å². The number of aromatic hydroxyl groups is 1. The summed E-state index contributed by atoms with van der Waals surface area (Å²) in [5.74, 6) is 0.375. The number of halogens is 1. The number of likely N-dealkylation sites (tertiary alicyclic amines) is 1. The molecule has 1 aromatic carbocycles. The van der Waals surface area contributed by atoms with E-state index in [2.05, 4.69) is 0 Å². The highest BCUT2D eigenvalue weighted by molar-refractivity contribution is 7.91. The van der Waals surface area contributed by atoms with E-state index in [0.29, 0.717) is 23.3 Å². The Hall–Kier alpha value is -1.61. The summed E-state index contributed by atoms with van der Waals surface area (Å²) in [4.78, 5) is 14.3. The van der Waals surface area contributed by atoms with Gasteiger partial charge in [-0.05, 0) is 48.6 Å². The van der Waals surface area contributed by atoms with Crippen LogP contribution in [0.25, 0.3) is 0 Å². The van der Waals surface area contributed by atoms with Crippen LogP contribution in [0.5, 0.6) is 5.75 Å². The maximum absolute atomic E-state index is 12.5. The lowest BCUT2D eigenvalue weighted by atomic mass is 9.89. The van der Waals surface area contributed by atoms with Gasteiger partial charge in [0.05, 0.1) is 10.9 Å². The smallest absolute Gasteiger partial charge is 0.252 e. The van der Waals surface area contributed by atoms with E-state index in [1.54, 1.807) is 17.0 Å². The second-order valence-corrected chi connectivity index (χ2v) is 10.6. The zero-order valence-corrected chi connectivity index (χ0v) is 17.2. The Bertz CT molecular complexity index is 904. The first kappa shape index (κ1) is 20.1. The van der Waals surface area contributed by atoms with E-state index in [0.717, 1.165) is 34.0 Å². The number of piperidine rings is 1. The highest BCUT2D eigenvalue weighted by Crippen LogP contribution is 2.30. The van der Waals surface area contributed by atoms with Crippen LogP contribution in [-0.2, 0) is 14.8 Å². The van der Waals surface area contributed by atoms with E-state index in [9.17, 15) is 18.3 Å². The Morgan fingerprint density at radius 1 is 1.22 bits per heavy atom. The van der Waals surface area contributed by atoms with Crippen molar-refractivity contribution in [3.05, 3.63) is 46.3 Å². The summed E-state index contributed by atoms with van der Waals surface area (Å²) < 4.78 is 26.6. The van der Waals surface area contributed by atoms with Gasteiger partial charge in [0.2, 0.25) is 5.91 Å². The molecule has 1 aromatic heterocycles. The van der Waals surface area contributed by atoms with Crippen LogP contribution in [0.3, 0.4) is 0 Å². The summed E-state index contributed by atoms with van der Waals surface area (Å²) in [6, 6.07) is 10.1. The van der Waals surface area contributed by atoms with Gasteiger partial charge in [-0.2, -0.15) is 4.31 Å². The molecular formula is C18H21ClN2O4S2. The Kier molecular flexibility index (Phi) is 6.10. The lowest BCUT2D eigenvalue weighted by Crippen LogP contribution is -2.44. The molecule has 0 aliphatic carbocycles. The zero-order chi connectivity index (χ0) is 19.6. The minimum atomic E-state index is -3.71. The number of sulfonamides is 1. The number of likely N-dealkylation sites (N-methyl/N-ethyl adjacent to an activating group) is 1. The fraction of sp³-hybridized carbons (Fsp3) is 0.389. The van der Waals surface area contributed by atoms with Gasteiger partial charge >= 0.3 is 0 Å². The van der Waals surface area contributed by atoms with Gasteiger partial charge in [-0.15, -0.1) is 11.3 Å². The molecule has 0 unspecified atom stereocenters. The number of phenolic OH excluding ortho intramolecular Hbond substituents is 1. The van der Waals surface area contributed by atoms with E-state index >= 15 is 0 Å². The van der Waals surface area contributed by atoms with Gasteiger partial charge in [-0.3, -0.25) is 4.79 Å². The van der Waals surface area contributed by atoms with E-state index in [1.165, 1.54) is 19.2 Å². The molecule has 0 atom stereocenters. The lowest BCUT2D eigenvalue weighted by molar-refractivity contribution is -0.132. The normalized spacial score (nSPS) is 16.0. The van der Waals surface area contributed by atoms with Gasteiger partial charge in [0.15, 0.2) is 0 Å². The molecule has 0 saturated carbocycles. The molecule has 146 valence electrons. The van der Waals surface area contributed by atoms with Gasteiger partial charge in [0, 0.05) is 20.1 Å². The molecule has 1 saturated heterocycles. The predicted octanol–water partition coefficient (Wildman–Crippen LogP) is 3.13. The number of thiophene rings is 1. The highest BCUT2D eigenvalue weighted by atomic mass is 35.5. The van der Waals surface area contributed by atoms with Crippen molar-refractivity contribution >= 4 is 38.9 Å². The molecule has 3 rings (SSSR count). The summed E-state index contributed by atoms with van der Waals surface area (Å²) in [5.41, 5.74) is 1.15. The summed E-state index contributed by atoms with van der Waals surface area (Å²) in [6.07, 6.45) is 1.63. The summed E-state index contributed by atoms with van der Waals surface area (Å²) >= 11 is 6.80. The number of carbonyl (C=O) groups is 1. The first-order valence-electron chi connectivity index (χ1n) is 8.56. The van der Waals surface area contributed by atoms with Crippen molar-refractivity contribution in [2.75, 3.05) is 26.7 Å². The first-order valence-corrected chi connectivity index (χ1v) is 11.2.